The predicted octanol–water partition coefficient (Wildman–Crippen LogP) is 4.40. The molecule has 1 aliphatic heterocycles. The molecule has 8 heteroatoms. The first-order valence-electron chi connectivity index (χ1n) is 7.12. The molecule has 1 atom stereocenters. The SMILES string of the molecule is CCc1ncnc(N2C(Oc3ncc(Cl)cc3Cl)C2(C)C)c1Cl. The van der Waals surface area contributed by atoms with Gasteiger partial charge >= 0.3 is 0 Å². The van der Waals surface area contributed by atoms with Gasteiger partial charge in [-0.2, -0.15) is 0 Å². The Kier molecular flexibility index (Phi) is 4.29. The fourth-order valence-electron chi connectivity index (χ4n) is 2.43. The number of halogens is 3. The molecule has 2 aromatic heterocycles. The van der Waals surface area contributed by atoms with Crippen LogP contribution >= 0.6 is 34.8 Å². The first-order chi connectivity index (χ1) is 10.9. The van der Waals surface area contributed by atoms with E-state index in [2.05, 4.69) is 15.0 Å². The van der Waals surface area contributed by atoms with Gasteiger partial charge in [0.25, 0.3) is 0 Å². The van der Waals surface area contributed by atoms with Crippen molar-refractivity contribution in [2.45, 2.75) is 39.0 Å². The maximum Gasteiger partial charge on any atom is 0.234 e. The van der Waals surface area contributed by atoms with E-state index in [0.717, 1.165) is 12.1 Å². The van der Waals surface area contributed by atoms with Gasteiger partial charge in [0.15, 0.2) is 12.0 Å². The molecule has 1 saturated heterocycles. The monoisotopic (exact) mass is 372 g/mol. The van der Waals surface area contributed by atoms with Crippen molar-refractivity contribution in [1.82, 2.24) is 15.0 Å². The quantitative estimate of drug-likeness (QED) is 0.744. The van der Waals surface area contributed by atoms with E-state index in [4.69, 9.17) is 39.5 Å². The molecule has 1 unspecified atom stereocenters. The van der Waals surface area contributed by atoms with Crippen LogP contribution in [-0.2, 0) is 6.42 Å². The van der Waals surface area contributed by atoms with Gasteiger partial charge in [0.2, 0.25) is 5.88 Å². The molecule has 0 radical (unpaired) electrons. The number of anilines is 1. The van der Waals surface area contributed by atoms with Gasteiger partial charge in [0, 0.05) is 6.20 Å². The van der Waals surface area contributed by atoms with Crippen LogP contribution in [0.5, 0.6) is 5.88 Å². The zero-order valence-electron chi connectivity index (χ0n) is 12.8. The van der Waals surface area contributed by atoms with Crippen LogP contribution in [0.15, 0.2) is 18.6 Å². The Bertz CT molecular complexity index is 753. The third-order valence-corrected chi connectivity index (χ3v) is 4.66. The molecule has 1 aliphatic rings. The summed E-state index contributed by atoms with van der Waals surface area (Å²) < 4.78 is 5.93. The smallest absolute Gasteiger partial charge is 0.234 e. The van der Waals surface area contributed by atoms with Crippen LogP contribution < -0.4 is 9.64 Å². The first kappa shape index (κ1) is 16.6. The zero-order valence-corrected chi connectivity index (χ0v) is 15.1. The van der Waals surface area contributed by atoms with Crippen LogP contribution in [0.2, 0.25) is 15.1 Å². The first-order valence-corrected chi connectivity index (χ1v) is 8.26. The lowest BCUT2D eigenvalue weighted by Gasteiger charge is -2.10. The molecule has 0 N–H and O–H groups in total. The van der Waals surface area contributed by atoms with Crippen LogP contribution in [-0.4, -0.2) is 26.7 Å². The third-order valence-electron chi connectivity index (χ3n) is 3.80. The molecule has 122 valence electrons. The summed E-state index contributed by atoms with van der Waals surface area (Å²) in [6, 6.07) is 1.60. The lowest BCUT2D eigenvalue weighted by Crippen LogP contribution is -2.10. The van der Waals surface area contributed by atoms with Gasteiger partial charge in [-0.1, -0.05) is 41.7 Å². The number of aryl methyl sites for hydroxylation is 1. The maximum atomic E-state index is 6.41. The molecule has 23 heavy (non-hydrogen) atoms. The third kappa shape index (κ3) is 2.93. The fourth-order valence-corrected chi connectivity index (χ4v) is 3.18. The van der Waals surface area contributed by atoms with Crippen LogP contribution in [0.1, 0.15) is 26.5 Å². The maximum absolute atomic E-state index is 6.41. The minimum absolute atomic E-state index is 0.272. The van der Waals surface area contributed by atoms with E-state index >= 15 is 0 Å². The standard InChI is InChI=1S/C15H15Cl3N4O/c1-4-10-11(18)12(21-7-20-10)22-14(15(22,2)3)23-13-9(17)5-8(16)6-19-13/h5-7,14H,4H2,1-3H3. The minimum atomic E-state index is -0.284. The number of nitrogens with zero attached hydrogens (tertiary/aromatic N) is 4. The van der Waals surface area contributed by atoms with Crippen LogP contribution in [0.4, 0.5) is 5.82 Å². The van der Waals surface area contributed by atoms with Gasteiger partial charge in [-0.3, -0.25) is 0 Å². The van der Waals surface area contributed by atoms with Gasteiger partial charge in [-0.05, 0) is 26.3 Å². The average molecular weight is 374 g/mol. The number of aromatic nitrogens is 3. The number of hydrogen-bond acceptors (Lipinski definition) is 5. The molecule has 0 bridgehead atoms. The molecule has 5 nitrogen and oxygen atoms in total. The van der Waals surface area contributed by atoms with Crippen LogP contribution in [0.25, 0.3) is 0 Å². The van der Waals surface area contributed by atoms with E-state index in [1.54, 1.807) is 6.07 Å². The van der Waals surface area contributed by atoms with E-state index < -0.39 is 0 Å². The van der Waals surface area contributed by atoms with Crippen molar-refractivity contribution in [3.05, 3.63) is 39.4 Å². The Morgan fingerprint density at radius 3 is 2.61 bits per heavy atom. The van der Waals surface area contributed by atoms with Gasteiger partial charge in [-0.15, -0.1) is 0 Å². The summed E-state index contributed by atoms with van der Waals surface area (Å²) in [5.74, 6) is 0.983. The van der Waals surface area contributed by atoms with Crippen LogP contribution in [0.3, 0.4) is 0 Å². The van der Waals surface area contributed by atoms with E-state index in [0.29, 0.717) is 26.8 Å². The number of rotatable bonds is 4. The van der Waals surface area contributed by atoms with Crippen molar-refractivity contribution in [3.8, 4) is 5.88 Å². The summed E-state index contributed by atoms with van der Waals surface area (Å²) in [7, 11) is 0. The van der Waals surface area contributed by atoms with Crippen molar-refractivity contribution in [3.63, 3.8) is 0 Å². The van der Waals surface area contributed by atoms with Crippen molar-refractivity contribution < 1.29 is 4.74 Å². The number of pyridine rings is 1. The van der Waals surface area contributed by atoms with Gasteiger partial charge in [0.1, 0.15) is 16.4 Å². The number of ether oxygens (including phenoxy) is 1. The van der Waals surface area contributed by atoms with Gasteiger partial charge in [-0.25, -0.2) is 15.0 Å². The Morgan fingerprint density at radius 2 is 1.96 bits per heavy atom. The second-order valence-electron chi connectivity index (χ2n) is 5.75. The average Bonchev–Trinajstić information content (AvgIpc) is 3.03. The highest BCUT2D eigenvalue weighted by molar-refractivity contribution is 6.35. The zero-order chi connectivity index (χ0) is 16.8. The van der Waals surface area contributed by atoms with E-state index in [9.17, 15) is 0 Å². The highest BCUT2D eigenvalue weighted by Crippen LogP contribution is 2.47. The molecule has 0 aromatic carbocycles. The lowest BCUT2D eigenvalue weighted by atomic mass is 10.2. The molecule has 2 aromatic rings. The minimum Gasteiger partial charge on any atom is -0.450 e. The Hall–Kier alpha value is -1.30. The molecule has 0 saturated carbocycles. The lowest BCUT2D eigenvalue weighted by molar-refractivity contribution is 0.270. The second-order valence-corrected chi connectivity index (χ2v) is 6.97. The van der Waals surface area contributed by atoms with Crippen molar-refractivity contribution in [2.75, 3.05) is 4.90 Å². The molecule has 1 fully saturated rings. The molecule has 3 heterocycles. The van der Waals surface area contributed by atoms with Crippen molar-refractivity contribution >= 4 is 40.6 Å². The normalized spacial score (nSPS) is 18.9. The molecule has 0 spiro atoms. The summed E-state index contributed by atoms with van der Waals surface area (Å²) in [5.41, 5.74) is 0.522. The Labute approximate surface area is 149 Å². The summed E-state index contributed by atoms with van der Waals surface area (Å²) >= 11 is 18.4. The van der Waals surface area contributed by atoms with E-state index in [1.807, 2.05) is 25.7 Å². The predicted molar refractivity (Wildman–Crippen MR) is 91.7 cm³/mol. The van der Waals surface area contributed by atoms with Crippen molar-refractivity contribution in [2.24, 2.45) is 0 Å². The highest BCUT2D eigenvalue weighted by atomic mass is 35.5. The molecular formula is C15H15Cl3N4O. The fraction of sp³-hybridized carbons (Fsp3) is 0.400. The molecule has 0 aliphatic carbocycles. The summed E-state index contributed by atoms with van der Waals surface area (Å²) in [4.78, 5) is 14.6. The van der Waals surface area contributed by atoms with E-state index in [-0.39, 0.29) is 11.8 Å². The Morgan fingerprint density at radius 1 is 1.22 bits per heavy atom. The largest absolute Gasteiger partial charge is 0.450 e. The molecule has 0 amide bonds. The topological polar surface area (TPSA) is 50.9 Å². The summed E-state index contributed by atoms with van der Waals surface area (Å²) in [6.07, 6.45) is 3.47. The van der Waals surface area contributed by atoms with Gasteiger partial charge in [0.05, 0.1) is 16.3 Å². The summed E-state index contributed by atoms with van der Waals surface area (Å²) in [6.45, 7) is 6.06. The second kappa shape index (κ2) is 5.96. The van der Waals surface area contributed by atoms with Gasteiger partial charge < -0.3 is 9.64 Å². The van der Waals surface area contributed by atoms with E-state index in [1.165, 1.54) is 12.5 Å². The van der Waals surface area contributed by atoms with Crippen molar-refractivity contribution in [1.29, 1.82) is 0 Å². The Balaban J connectivity index is 1.88. The highest BCUT2D eigenvalue weighted by Gasteiger charge is 2.60. The number of hydrogen-bond donors (Lipinski definition) is 0. The molecule has 3 rings (SSSR count). The van der Waals surface area contributed by atoms with Crippen LogP contribution in [0, 0.1) is 0 Å². The molecular weight excluding hydrogens is 359 g/mol. The summed E-state index contributed by atoms with van der Waals surface area (Å²) in [5, 5.41) is 1.37.